The van der Waals surface area contributed by atoms with E-state index in [1.807, 2.05) is 11.8 Å². The highest BCUT2D eigenvalue weighted by molar-refractivity contribution is 7.99. The molecular formula is C9H15F3N2OS. The molecule has 3 nitrogen and oxygen atoms in total. The van der Waals surface area contributed by atoms with Gasteiger partial charge < -0.3 is 10.6 Å². The van der Waals surface area contributed by atoms with Crippen LogP contribution in [-0.4, -0.2) is 36.8 Å². The second-order valence-electron chi connectivity index (χ2n) is 3.73. The van der Waals surface area contributed by atoms with Crippen molar-refractivity contribution in [3.8, 4) is 0 Å². The molecule has 0 aliphatic carbocycles. The van der Waals surface area contributed by atoms with Crippen LogP contribution in [0.4, 0.5) is 18.0 Å². The number of thioether (sulfide) groups is 1. The summed E-state index contributed by atoms with van der Waals surface area (Å²) < 4.78 is 35.3. The maximum absolute atomic E-state index is 11.8. The van der Waals surface area contributed by atoms with Crippen molar-refractivity contribution >= 4 is 17.8 Å². The zero-order chi connectivity index (χ0) is 12.0. The molecule has 94 valence electrons. The Balaban J connectivity index is 2.09. The summed E-state index contributed by atoms with van der Waals surface area (Å²) in [5.41, 5.74) is 0. The normalized spacial score (nSPS) is 18.2. The van der Waals surface area contributed by atoms with Gasteiger partial charge in [0.05, 0.1) is 0 Å². The van der Waals surface area contributed by atoms with Crippen LogP contribution < -0.4 is 10.6 Å². The first kappa shape index (κ1) is 13.5. The van der Waals surface area contributed by atoms with Gasteiger partial charge in [-0.15, -0.1) is 0 Å². The quantitative estimate of drug-likeness (QED) is 0.810. The molecule has 0 saturated carbocycles. The van der Waals surface area contributed by atoms with E-state index in [2.05, 4.69) is 5.32 Å². The van der Waals surface area contributed by atoms with E-state index in [1.165, 1.54) is 0 Å². The van der Waals surface area contributed by atoms with Crippen LogP contribution in [-0.2, 0) is 0 Å². The van der Waals surface area contributed by atoms with Crippen molar-refractivity contribution in [2.45, 2.75) is 19.0 Å². The van der Waals surface area contributed by atoms with Gasteiger partial charge in [-0.05, 0) is 30.3 Å². The smallest absolute Gasteiger partial charge is 0.338 e. The molecule has 0 aromatic rings. The van der Waals surface area contributed by atoms with Crippen LogP contribution in [0, 0.1) is 5.92 Å². The second-order valence-corrected chi connectivity index (χ2v) is 4.96. The van der Waals surface area contributed by atoms with Crippen molar-refractivity contribution in [1.29, 1.82) is 0 Å². The topological polar surface area (TPSA) is 41.1 Å². The van der Waals surface area contributed by atoms with Gasteiger partial charge in [-0.3, -0.25) is 0 Å². The highest BCUT2D eigenvalue weighted by atomic mass is 32.2. The third kappa shape index (κ3) is 6.09. The van der Waals surface area contributed by atoms with E-state index in [0.717, 1.165) is 24.3 Å². The molecule has 0 atom stereocenters. The Hall–Kier alpha value is -0.590. The standard InChI is InChI=1S/C9H15F3N2OS/c10-9(11,12)6-14-8(15)13-5-7-1-3-16-4-2-7/h7H,1-6H2,(H2,13,14,15). The summed E-state index contributed by atoms with van der Waals surface area (Å²) in [6.07, 6.45) is -2.31. The summed E-state index contributed by atoms with van der Waals surface area (Å²) in [5, 5.41) is 4.25. The minimum Gasteiger partial charge on any atom is -0.338 e. The Bertz CT molecular complexity index is 229. The third-order valence-corrected chi connectivity index (χ3v) is 3.39. The molecule has 0 bridgehead atoms. The number of hydrogen-bond acceptors (Lipinski definition) is 2. The van der Waals surface area contributed by atoms with E-state index in [-0.39, 0.29) is 0 Å². The molecule has 0 spiro atoms. The fourth-order valence-corrected chi connectivity index (χ4v) is 2.63. The van der Waals surface area contributed by atoms with Gasteiger partial charge in [-0.25, -0.2) is 4.79 Å². The summed E-state index contributed by atoms with van der Waals surface area (Å²) in [6, 6.07) is -0.740. The Labute approximate surface area is 96.5 Å². The summed E-state index contributed by atoms with van der Waals surface area (Å²) >= 11 is 1.87. The van der Waals surface area contributed by atoms with Crippen molar-refractivity contribution in [3.05, 3.63) is 0 Å². The molecule has 1 heterocycles. The number of carbonyl (C=O) groups is 1. The molecule has 0 unspecified atom stereocenters. The Morgan fingerprint density at radius 2 is 1.88 bits per heavy atom. The SMILES string of the molecule is O=C(NCC1CCSCC1)NCC(F)(F)F. The molecule has 0 aromatic carbocycles. The average Bonchev–Trinajstić information content (AvgIpc) is 2.24. The van der Waals surface area contributed by atoms with Crippen LogP contribution in [0.2, 0.25) is 0 Å². The number of nitrogens with one attached hydrogen (secondary N) is 2. The highest BCUT2D eigenvalue weighted by Gasteiger charge is 2.27. The molecule has 1 rings (SSSR count). The Morgan fingerprint density at radius 1 is 1.25 bits per heavy atom. The van der Waals surface area contributed by atoms with Gasteiger partial charge in [0.2, 0.25) is 0 Å². The molecule has 0 aromatic heterocycles. The number of halogens is 3. The first-order valence-corrected chi connectivity index (χ1v) is 6.29. The second kappa shape index (κ2) is 6.22. The van der Waals surface area contributed by atoms with Gasteiger partial charge >= 0.3 is 12.2 Å². The monoisotopic (exact) mass is 256 g/mol. The minimum absolute atomic E-state index is 0.401. The van der Waals surface area contributed by atoms with E-state index < -0.39 is 18.8 Å². The lowest BCUT2D eigenvalue weighted by atomic mass is 10.0. The van der Waals surface area contributed by atoms with Gasteiger partial charge in [-0.1, -0.05) is 0 Å². The van der Waals surface area contributed by atoms with Crippen molar-refractivity contribution in [2.24, 2.45) is 5.92 Å². The van der Waals surface area contributed by atoms with Crippen LogP contribution in [0.25, 0.3) is 0 Å². The fourth-order valence-electron chi connectivity index (χ4n) is 1.43. The third-order valence-electron chi connectivity index (χ3n) is 2.34. The van der Waals surface area contributed by atoms with E-state index in [4.69, 9.17) is 0 Å². The molecule has 16 heavy (non-hydrogen) atoms. The van der Waals surface area contributed by atoms with Gasteiger partial charge in [0.1, 0.15) is 6.54 Å². The largest absolute Gasteiger partial charge is 0.405 e. The molecule has 2 amide bonds. The summed E-state index contributed by atoms with van der Waals surface area (Å²) in [7, 11) is 0. The zero-order valence-electron chi connectivity index (χ0n) is 8.77. The van der Waals surface area contributed by atoms with Crippen LogP contribution in [0.3, 0.4) is 0 Å². The predicted molar refractivity (Wildman–Crippen MR) is 57.5 cm³/mol. The molecule has 1 fully saturated rings. The lowest BCUT2D eigenvalue weighted by Crippen LogP contribution is -2.42. The van der Waals surface area contributed by atoms with E-state index in [9.17, 15) is 18.0 Å². The number of urea groups is 1. The van der Waals surface area contributed by atoms with Crippen molar-refractivity contribution < 1.29 is 18.0 Å². The summed E-state index contributed by atoms with van der Waals surface area (Å²) in [6.45, 7) is -0.816. The van der Waals surface area contributed by atoms with E-state index in [0.29, 0.717) is 12.5 Å². The average molecular weight is 256 g/mol. The first-order valence-electron chi connectivity index (χ1n) is 5.13. The van der Waals surface area contributed by atoms with Gasteiger partial charge in [0.25, 0.3) is 0 Å². The highest BCUT2D eigenvalue weighted by Crippen LogP contribution is 2.21. The van der Waals surface area contributed by atoms with E-state index in [1.54, 1.807) is 5.32 Å². The molecular weight excluding hydrogens is 241 g/mol. The number of amides is 2. The van der Waals surface area contributed by atoms with Gasteiger partial charge in [0, 0.05) is 6.54 Å². The Morgan fingerprint density at radius 3 is 2.44 bits per heavy atom. The van der Waals surface area contributed by atoms with Crippen LogP contribution in [0.1, 0.15) is 12.8 Å². The van der Waals surface area contributed by atoms with Crippen molar-refractivity contribution in [3.63, 3.8) is 0 Å². The maximum Gasteiger partial charge on any atom is 0.405 e. The minimum atomic E-state index is -4.35. The molecule has 0 radical (unpaired) electrons. The predicted octanol–water partition coefficient (Wildman–Crippen LogP) is 1.99. The lowest BCUT2D eigenvalue weighted by molar-refractivity contribution is -0.122. The molecule has 1 saturated heterocycles. The number of alkyl halides is 3. The molecule has 7 heteroatoms. The van der Waals surface area contributed by atoms with E-state index >= 15 is 0 Å². The van der Waals surface area contributed by atoms with Crippen molar-refractivity contribution in [2.75, 3.05) is 24.6 Å². The van der Waals surface area contributed by atoms with Crippen LogP contribution in [0.5, 0.6) is 0 Å². The van der Waals surface area contributed by atoms with Gasteiger partial charge in [-0.2, -0.15) is 24.9 Å². The molecule has 2 N–H and O–H groups in total. The van der Waals surface area contributed by atoms with Crippen molar-refractivity contribution in [1.82, 2.24) is 10.6 Å². The number of carbonyl (C=O) groups excluding carboxylic acids is 1. The maximum atomic E-state index is 11.8. The zero-order valence-corrected chi connectivity index (χ0v) is 9.59. The van der Waals surface area contributed by atoms with Crippen LogP contribution in [0.15, 0.2) is 0 Å². The van der Waals surface area contributed by atoms with Crippen LogP contribution >= 0.6 is 11.8 Å². The fraction of sp³-hybridized carbons (Fsp3) is 0.889. The number of rotatable bonds is 3. The Kier molecular flexibility index (Phi) is 5.24. The molecule has 1 aliphatic heterocycles. The number of hydrogen-bond donors (Lipinski definition) is 2. The molecule has 1 aliphatic rings. The van der Waals surface area contributed by atoms with Gasteiger partial charge in [0.15, 0.2) is 0 Å². The lowest BCUT2D eigenvalue weighted by Gasteiger charge is -2.21. The first-order chi connectivity index (χ1) is 7.47. The summed E-state index contributed by atoms with van der Waals surface area (Å²) in [5.74, 6) is 2.53. The summed E-state index contributed by atoms with van der Waals surface area (Å²) in [4.78, 5) is 11.0.